The van der Waals surface area contributed by atoms with E-state index in [1.54, 1.807) is 19.1 Å². The van der Waals surface area contributed by atoms with Gasteiger partial charge in [-0.25, -0.2) is 13.1 Å². The molecule has 20 heavy (non-hydrogen) atoms. The van der Waals surface area contributed by atoms with Crippen molar-refractivity contribution in [2.45, 2.75) is 18.2 Å². The molecule has 1 N–H and O–H groups in total. The third-order valence-corrected chi connectivity index (χ3v) is 6.23. The second kappa shape index (κ2) is 6.58. The summed E-state index contributed by atoms with van der Waals surface area (Å²) in [4.78, 5) is 1.10. The zero-order chi connectivity index (χ0) is 14.8. The van der Waals surface area contributed by atoms with Crippen LogP contribution in [-0.2, 0) is 16.4 Å². The Balaban J connectivity index is 2.01. The molecule has 1 aromatic heterocycles. The van der Waals surface area contributed by atoms with Gasteiger partial charge in [-0.3, -0.25) is 0 Å². The van der Waals surface area contributed by atoms with Gasteiger partial charge >= 0.3 is 0 Å². The fourth-order valence-corrected chi connectivity index (χ4v) is 5.45. The average molecular weight is 395 g/mol. The second-order valence-corrected chi connectivity index (χ2v) is 9.06. The van der Waals surface area contributed by atoms with Gasteiger partial charge in [0.2, 0.25) is 10.0 Å². The highest BCUT2D eigenvalue weighted by Crippen LogP contribution is 2.29. The Bertz CT molecular complexity index is 713. The Morgan fingerprint density at radius 3 is 2.70 bits per heavy atom. The molecule has 7 heteroatoms. The van der Waals surface area contributed by atoms with E-state index in [0.717, 1.165) is 14.2 Å². The van der Waals surface area contributed by atoms with E-state index in [2.05, 4.69) is 20.7 Å². The summed E-state index contributed by atoms with van der Waals surface area (Å²) < 4.78 is 27.8. The molecule has 0 saturated carbocycles. The fourth-order valence-electron chi connectivity index (χ4n) is 1.80. The van der Waals surface area contributed by atoms with Crippen LogP contribution in [0.4, 0.5) is 0 Å². The van der Waals surface area contributed by atoms with Gasteiger partial charge in [-0.15, -0.1) is 11.3 Å². The number of halogens is 2. The molecule has 0 fully saturated rings. The molecule has 0 aliphatic carbocycles. The maximum atomic E-state index is 12.2. The minimum atomic E-state index is -3.45. The van der Waals surface area contributed by atoms with Crippen LogP contribution >= 0.6 is 38.9 Å². The van der Waals surface area contributed by atoms with Gasteiger partial charge < -0.3 is 0 Å². The number of sulfonamides is 1. The molecule has 1 aromatic carbocycles. The van der Waals surface area contributed by atoms with Crippen LogP contribution in [0.3, 0.4) is 0 Å². The van der Waals surface area contributed by atoms with E-state index in [-0.39, 0.29) is 0 Å². The number of thiophene rings is 1. The predicted molar refractivity (Wildman–Crippen MR) is 87.1 cm³/mol. The third kappa shape index (κ3) is 4.05. The number of aryl methyl sites for hydroxylation is 1. The van der Waals surface area contributed by atoms with Crippen LogP contribution < -0.4 is 4.72 Å². The lowest BCUT2D eigenvalue weighted by Gasteiger charge is -2.06. The topological polar surface area (TPSA) is 46.2 Å². The number of rotatable bonds is 5. The van der Waals surface area contributed by atoms with Crippen molar-refractivity contribution in [1.82, 2.24) is 4.72 Å². The zero-order valence-corrected chi connectivity index (χ0v) is 14.7. The summed E-state index contributed by atoms with van der Waals surface area (Å²) in [6.07, 6.45) is 0.601. The monoisotopic (exact) mass is 393 g/mol. The molecule has 0 aliphatic rings. The third-order valence-electron chi connectivity index (χ3n) is 2.73. The summed E-state index contributed by atoms with van der Waals surface area (Å²) in [7, 11) is -3.45. The lowest BCUT2D eigenvalue weighted by atomic mass is 10.2. The van der Waals surface area contributed by atoms with Crippen LogP contribution in [-0.4, -0.2) is 15.0 Å². The Kier molecular flexibility index (Phi) is 5.25. The van der Waals surface area contributed by atoms with Gasteiger partial charge in [0.05, 0.1) is 8.68 Å². The van der Waals surface area contributed by atoms with Crippen molar-refractivity contribution in [3.05, 3.63) is 49.6 Å². The molecular weight excluding hydrogens is 382 g/mol. The molecule has 2 rings (SSSR count). The van der Waals surface area contributed by atoms with Crippen LogP contribution in [0.1, 0.15) is 10.4 Å². The van der Waals surface area contributed by atoms with Gasteiger partial charge in [0.25, 0.3) is 0 Å². The number of hydrogen-bond donors (Lipinski definition) is 1. The smallest absolute Gasteiger partial charge is 0.211 e. The van der Waals surface area contributed by atoms with Gasteiger partial charge in [0, 0.05) is 16.4 Å². The maximum Gasteiger partial charge on any atom is 0.241 e. The number of hydrogen-bond acceptors (Lipinski definition) is 3. The first kappa shape index (κ1) is 16.0. The molecule has 108 valence electrons. The van der Waals surface area contributed by atoms with E-state index in [9.17, 15) is 8.42 Å². The molecule has 0 unspecified atom stereocenters. The quantitative estimate of drug-likeness (QED) is 0.833. The predicted octanol–water partition coefficient (Wildman–Crippen LogP) is 3.99. The first-order valence-corrected chi connectivity index (χ1v) is 9.35. The van der Waals surface area contributed by atoms with Crippen molar-refractivity contribution in [3.8, 4) is 0 Å². The summed E-state index contributed by atoms with van der Waals surface area (Å²) in [5.41, 5.74) is 1.00. The molecule has 0 radical (unpaired) electrons. The summed E-state index contributed by atoms with van der Waals surface area (Å²) in [6.45, 7) is 2.14. The normalized spacial score (nSPS) is 11.8. The van der Waals surface area contributed by atoms with Crippen molar-refractivity contribution in [2.75, 3.05) is 6.54 Å². The molecule has 0 atom stereocenters. The highest BCUT2D eigenvalue weighted by atomic mass is 79.9. The van der Waals surface area contributed by atoms with Crippen LogP contribution in [0.25, 0.3) is 0 Å². The average Bonchev–Trinajstić information content (AvgIpc) is 2.69. The van der Waals surface area contributed by atoms with E-state index in [4.69, 9.17) is 11.6 Å². The lowest BCUT2D eigenvalue weighted by molar-refractivity contribution is 0.581. The van der Waals surface area contributed by atoms with Crippen molar-refractivity contribution < 1.29 is 8.42 Å². The summed E-state index contributed by atoms with van der Waals surface area (Å²) in [5.74, 6) is 0. The highest BCUT2D eigenvalue weighted by molar-refractivity contribution is 9.11. The van der Waals surface area contributed by atoms with Crippen LogP contribution in [0.5, 0.6) is 0 Å². The standard InChI is InChI=1S/C13H13BrClNO2S2/c1-9-12(8-13(14)19-9)20(17,18)16-6-5-10-3-2-4-11(15)7-10/h2-4,7-8,16H,5-6H2,1H3. The summed E-state index contributed by atoms with van der Waals surface area (Å²) in [5, 5.41) is 0.656. The van der Waals surface area contributed by atoms with E-state index >= 15 is 0 Å². The van der Waals surface area contributed by atoms with Gasteiger partial charge in [-0.05, 0) is 53.0 Å². The lowest BCUT2D eigenvalue weighted by Crippen LogP contribution is -2.26. The Labute approximate surface area is 136 Å². The van der Waals surface area contributed by atoms with Gasteiger partial charge in [0.1, 0.15) is 0 Å². The van der Waals surface area contributed by atoms with Crippen molar-refractivity contribution in [3.63, 3.8) is 0 Å². The molecule has 0 bridgehead atoms. The van der Waals surface area contributed by atoms with E-state index in [1.165, 1.54) is 11.3 Å². The molecule has 0 amide bonds. The molecule has 0 aliphatic heterocycles. The van der Waals surface area contributed by atoms with Crippen molar-refractivity contribution in [1.29, 1.82) is 0 Å². The van der Waals surface area contributed by atoms with Gasteiger partial charge in [0.15, 0.2) is 0 Å². The van der Waals surface area contributed by atoms with Gasteiger partial charge in [-0.2, -0.15) is 0 Å². The molecule has 0 spiro atoms. The Morgan fingerprint density at radius 2 is 2.10 bits per heavy atom. The molecular formula is C13H13BrClNO2S2. The number of benzene rings is 1. The van der Waals surface area contributed by atoms with Crippen molar-refractivity contribution in [2.24, 2.45) is 0 Å². The first-order valence-electron chi connectivity index (χ1n) is 5.88. The minimum absolute atomic E-state index is 0.334. The van der Waals surface area contributed by atoms with Crippen LogP contribution in [0.15, 0.2) is 39.0 Å². The van der Waals surface area contributed by atoms with Gasteiger partial charge in [-0.1, -0.05) is 23.7 Å². The summed E-state index contributed by atoms with van der Waals surface area (Å²) >= 11 is 10.6. The van der Waals surface area contributed by atoms with E-state index < -0.39 is 10.0 Å². The summed E-state index contributed by atoms with van der Waals surface area (Å²) in [6, 6.07) is 9.03. The SMILES string of the molecule is Cc1sc(Br)cc1S(=O)(=O)NCCc1cccc(Cl)c1. The highest BCUT2D eigenvalue weighted by Gasteiger charge is 2.18. The van der Waals surface area contributed by atoms with Crippen LogP contribution in [0.2, 0.25) is 5.02 Å². The number of nitrogens with one attached hydrogen (secondary N) is 1. The van der Waals surface area contributed by atoms with E-state index in [0.29, 0.717) is 22.9 Å². The maximum absolute atomic E-state index is 12.2. The van der Waals surface area contributed by atoms with E-state index in [1.807, 2.05) is 18.2 Å². The Morgan fingerprint density at radius 1 is 1.35 bits per heavy atom. The Hall–Kier alpha value is -0.400. The molecule has 1 heterocycles. The largest absolute Gasteiger partial charge is 0.241 e. The minimum Gasteiger partial charge on any atom is -0.211 e. The molecule has 0 saturated heterocycles. The molecule has 2 aromatic rings. The molecule has 3 nitrogen and oxygen atoms in total. The zero-order valence-electron chi connectivity index (χ0n) is 10.7. The van der Waals surface area contributed by atoms with Crippen LogP contribution in [0, 0.1) is 6.92 Å². The fraction of sp³-hybridized carbons (Fsp3) is 0.231. The van der Waals surface area contributed by atoms with Crippen molar-refractivity contribution >= 4 is 48.9 Å². The first-order chi connectivity index (χ1) is 9.38. The second-order valence-electron chi connectivity index (χ2n) is 4.25.